The van der Waals surface area contributed by atoms with Gasteiger partial charge in [-0.3, -0.25) is 0 Å². The molecule has 1 nitrogen and oxygen atoms in total. The highest BCUT2D eigenvalue weighted by Crippen LogP contribution is 2.66. The summed E-state index contributed by atoms with van der Waals surface area (Å²) in [6, 6.07) is 10.4. The van der Waals surface area contributed by atoms with Crippen molar-refractivity contribution in [2.24, 2.45) is 5.92 Å². The molecular formula is C21H36OP2. The fourth-order valence-electron chi connectivity index (χ4n) is 5.03. The van der Waals surface area contributed by atoms with Crippen LogP contribution in [0.1, 0.15) is 67.7 Å². The highest BCUT2D eigenvalue weighted by molar-refractivity contribution is 7.62. The van der Waals surface area contributed by atoms with E-state index in [4.69, 9.17) is 0 Å². The van der Waals surface area contributed by atoms with Crippen LogP contribution in [-0.4, -0.2) is 26.5 Å². The second-order valence-electron chi connectivity index (χ2n) is 9.29. The first-order valence-electron chi connectivity index (χ1n) is 9.36. The molecule has 24 heavy (non-hydrogen) atoms. The predicted molar refractivity (Wildman–Crippen MR) is 112 cm³/mol. The molecule has 3 heteroatoms. The van der Waals surface area contributed by atoms with Crippen LogP contribution in [0, 0.1) is 5.92 Å². The first-order chi connectivity index (χ1) is 11.0. The Morgan fingerprint density at radius 3 is 2.00 bits per heavy atom. The lowest BCUT2D eigenvalue weighted by Gasteiger charge is -2.48. The zero-order valence-corrected chi connectivity index (χ0v) is 18.4. The molecule has 0 heterocycles. The number of benzene rings is 1. The van der Waals surface area contributed by atoms with Gasteiger partial charge in [0.15, 0.2) is 0 Å². The van der Waals surface area contributed by atoms with Gasteiger partial charge in [0.25, 0.3) is 0 Å². The van der Waals surface area contributed by atoms with Crippen LogP contribution in [0.5, 0.6) is 0 Å². The second-order valence-corrected chi connectivity index (χ2v) is 15.4. The van der Waals surface area contributed by atoms with E-state index in [1.165, 1.54) is 19.3 Å². The van der Waals surface area contributed by atoms with Gasteiger partial charge in [0.1, 0.15) is 0 Å². The third-order valence-corrected chi connectivity index (χ3v) is 11.5. The third kappa shape index (κ3) is 4.60. The van der Waals surface area contributed by atoms with Gasteiger partial charge in [-0.15, -0.1) is 0 Å². The zero-order chi connectivity index (χ0) is 18.1. The van der Waals surface area contributed by atoms with Gasteiger partial charge in [0.05, 0.1) is 8.15 Å². The minimum absolute atomic E-state index is 0.136. The maximum absolute atomic E-state index is 11.1. The molecule has 0 bridgehead atoms. The fourth-order valence-corrected chi connectivity index (χ4v) is 12.4. The molecule has 0 aromatic heterocycles. The largest absolute Gasteiger partial charge is 0.369 e. The van der Waals surface area contributed by atoms with E-state index in [2.05, 4.69) is 72.7 Å². The van der Waals surface area contributed by atoms with E-state index in [1.54, 1.807) is 0 Å². The average Bonchev–Trinajstić information content (AvgIpc) is 2.93. The molecule has 1 aromatic carbocycles. The summed E-state index contributed by atoms with van der Waals surface area (Å²) in [6.45, 7) is 17.0. The Bertz CT molecular complexity index is 501. The molecule has 0 amide bonds. The van der Waals surface area contributed by atoms with Crippen LogP contribution in [0.25, 0.3) is 0 Å². The summed E-state index contributed by atoms with van der Waals surface area (Å²) >= 11 is 0. The zero-order valence-electron chi connectivity index (χ0n) is 16.6. The molecule has 1 fully saturated rings. The number of hydrogen-bond donors (Lipinski definition) is 1. The minimum Gasteiger partial charge on any atom is -0.369 e. The molecule has 0 spiro atoms. The normalized spacial score (nSPS) is 25.0. The molecule has 1 N–H and O–H groups in total. The van der Waals surface area contributed by atoms with E-state index in [0.29, 0.717) is 27.5 Å². The highest BCUT2D eigenvalue weighted by atomic mass is 31.1. The van der Waals surface area contributed by atoms with E-state index < -0.39 is 8.15 Å². The van der Waals surface area contributed by atoms with Crippen LogP contribution >= 0.6 is 16.1 Å². The lowest BCUT2D eigenvalue weighted by atomic mass is 10.0. The maximum atomic E-state index is 11.1. The van der Waals surface area contributed by atoms with Crippen molar-refractivity contribution in [2.45, 2.75) is 89.4 Å². The van der Waals surface area contributed by atoms with Crippen LogP contribution in [0.15, 0.2) is 30.3 Å². The molecule has 1 aromatic rings. The van der Waals surface area contributed by atoms with Crippen molar-refractivity contribution in [1.29, 1.82) is 0 Å². The molecule has 2 rings (SSSR count). The Hall–Kier alpha value is 0.0400. The van der Waals surface area contributed by atoms with Crippen LogP contribution in [0.2, 0.25) is 0 Å². The van der Waals surface area contributed by atoms with E-state index in [9.17, 15) is 4.89 Å². The van der Waals surface area contributed by atoms with Crippen molar-refractivity contribution in [3.63, 3.8) is 0 Å². The lowest BCUT2D eigenvalue weighted by Crippen LogP contribution is -2.36. The van der Waals surface area contributed by atoms with Crippen LogP contribution in [0.3, 0.4) is 0 Å². The van der Waals surface area contributed by atoms with Gasteiger partial charge in [-0.05, 0) is 34.7 Å². The summed E-state index contributed by atoms with van der Waals surface area (Å²) in [7, 11) is -1.17. The van der Waals surface area contributed by atoms with Crippen molar-refractivity contribution >= 4 is 21.4 Å². The monoisotopic (exact) mass is 366 g/mol. The van der Waals surface area contributed by atoms with E-state index in [0.717, 1.165) is 5.30 Å². The third-order valence-electron chi connectivity index (χ3n) is 5.34. The van der Waals surface area contributed by atoms with Gasteiger partial charge in [0, 0.05) is 11.0 Å². The summed E-state index contributed by atoms with van der Waals surface area (Å²) in [6.07, 6.45) is 3.77. The molecule has 1 aliphatic carbocycles. The van der Waals surface area contributed by atoms with Gasteiger partial charge in [-0.25, -0.2) is 0 Å². The summed E-state index contributed by atoms with van der Waals surface area (Å²) < 4.78 is 0. The Balaban J connectivity index is 2.25. The molecular weight excluding hydrogens is 330 g/mol. The standard InChI is InChI=1S/C21H36OP2/c1-16(24(20(2,3)4)21(5,6)7)18-14-11-15-19(18)23(22)17-12-9-8-10-13-17/h8-10,12-13,16,18-19,22H,11,14-15H2,1-7H3/t16-,18?,19?,23?/m1/s1. The quantitative estimate of drug-likeness (QED) is 0.617. The first kappa shape index (κ1) is 20.4. The van der Waals surface area contributed by atoms with Gasteiger partial charge >= 0.3 is 0 Å². The molecule has 3 unspecified atom stereocenters. The minimum atomic E-state index is -1.03. The Labute approximate surface area is 152 Å². The molecule has 0 saturated heterocycles. The fraction of sp³-hybridized carbons (Fsp3) is 0.714. The van der Waals surface area contributed by atoms with Crippen LogP contribution < -0.4 is 5.30 Å². The van der Waals surface area contributed by atoms with Crippen molar-refractivity contribution < 1.29 is 4.89 Å². The van der Waals surface area contributed by atoms with E-state index in [1.807, 2.05) is 6.07 Å². The lowest BCUT2D eigenvalue weighted by molar-refractivity contribution is 0.504. The number of rotatable bonds is 4. The van der Waals surface area contributed by atoms with Crippen molar-refractivity contribution in [2.75, 3.05) is 0 Å². The summed E-state index contributed by atoms with van der Waals surface area (Å²) in [5.74, 6) is 0.672. The second kappa shape index (κ2) is 7.73. The van der Waals surface area contributed by atoms with E-state index in [-0.39, 0.29) is 7.92 Å². The number of hydrogen-bond acceptors (Lipinski definition) is 1. The smallest absolute Gasteiger partial charge is 0.0598 e. The van der Waals surface area contributed by atoms with Crippen LogP contribution in [-0.2, 0) is 0 Å². The molecule has 0 aliphatic heterocycles. The van der Waals surface area contributed by atoms with Crippen molar-refractivity contribution in [3.8, 4) is 0 Å². The molecule has 136 valence electrons. The molecule has 4 atom stereocenters. The SMILES string of the molecule is C[C@H](C1CCCC1P(O)c1ccccc1)P(C(C)(C)C)C(C)(C)C. The average molecular weight is 366 g/mol. The first-order valence-corrected chi connectivity index (χ1v) is 12.1. The Kier molecular flexibility index (Phi) is 6.56. The predicted octanol–water partition coefficient (Wildman–Crippen LogP) is 6.34. The summed E-state index contributed by atoms with van der Waals surface area (Å²) in [4.78, 5) is 11.1. The molecule has 1 saturated carbocycles. The van der Waals surface area contributed by atoms with Gasteiger partial charge < -0.3 is 4.89 Å². The Morgan fingerprint density at radius 2 is 1.50 bits per heavy atom. The molecule has 1 aliphatic rings. The molecule has 0 radical (unpaired) electrons. The summed E-state index contributed by atoms with van der Waals surface area (Å²) in [5.41, 5.74) is 1.18. The van der Waals surface area contributed by atoms with Crippen LogP contribution in [0.4, 0.5) is 0 Å². The van der Waals surface area contributed by atoms with Crippen molar-refractivity contribution in [3.05, 3.63) is 30.3 Å². The van der Waals surface area contributed by atoms with Crippen molar-refractivity contribution in [1.82, 2.24) is 0 Å². The van der Waals surface area contributed by atoms with E-state index >= 15 is 0 Å². The highest BCUT2D eigenvalue weighted by Gasteiger charge is 2.45. The van der Waals surface area contributed by atoms with Gasteiger partial charge in [0.2, 0.25) is 0 Å². The summed E-state index contributed by atoms with van der Waals surface area (Å²) in [5, 5.41) is 1.86. The Morgan fingerprint density at radius 1 is 0.958 bits per heavy atom. The topological polar surface area (TPSA) is 20.2 Å². The van der Waals surface area contributed by atoms with Gasteiger partial charge in [-0.2, -0.15) is 0 Å². The van der Waals surface area contributed by atoms with Gasteiger partial charge in [-0.1, -0.05) is 93.1 Å². The maximum Gasteiger partial charge on any atom is 0.0598 e.